The molecule has 0 radical (unpaired) electrons. The summed E-state index contributed by atoms with van der Waals surface area (Å²) in [6.45, 7) is 4.69. The molecule has 4 aliphatic carbocycles. The molecule has 0 aliphatic heterocycles. The Morgan fingerprint density at radius 1 is 0.654 bits per heavy atom. The molecule has 0 amide bonds. The second-order valence-electron chi connectivity index (χ2n) is 7.32. The third kappa shape index (κ3) is 7.11. The quantitative estimate of drug-likeness (QED) is 0.371. The van der Waals surface area contributed by atoms with Gasteiger partial charge in [0.15, 0.2) is 0 Å². The van der Waals surface area contributed by atoms with Crippen LogP contribution in [0.2, 0.25) is 0 Å². The van der Waals surface area contributed by atoms with Crippen molar-refractivity contribution in [3.63, 3.8) is 0 Å². The van der Waals surface area contributed by atoms with Crippen molar-refractivity contribution in [3.05, 3.63) is 78.3 Å². The van der Waals surface area contributed by atoms with Crippen molar-refractivity contribution in [1.29, 1.82) is 0 Å². The molecule has 4 rings (SSSR count). The van der Waals surface area contributed by atoms with E-state index in [-0.39, 0.29) is 55.9 Å². The minimum Gasteiger partial charge on any atom is -0.358 e. The van der Waals surface area contributed by atoms with E-state index in [1.54, 1.807) is 0 Å². The molecule has 2 fully saturated rings. The van der Waals surface area contributed by atoms with E-state index in [9.17, 15) is 0 Å². The molecule has 146 valence electrons. The Morgan fingerprint density at radius 3 is 1.65 bits per heavy atom. The summed E-state index contributed by atoms with van der Waals surface area (Å²) in [5, 5.41) is 0. The summed E-state index contributed by atoms with van der Waals surface area (Å²) in [6, 6.07) is 0. The first-order valence-corrected chi connectivity index (χ1v) is 8.99. The van der Waals surface area contributed by atoms with Crippen molar-refractivity contribution < 1.29 is 26.2 Å². The third-order valence-corrected chi connectivity index (χ3v) is 6.15. The van der Waals surface area contributed by atoms with Gasteiger partial charge in [0, 0.05) is 0 Å². The van der Waals surface area contributed by atoms with E-state index in [2.05, 4.69) is 62.5 Å². The third-order valence-electron chi connectivity index (χ3n) is 6.15. The van der Waals surface area contributed by atoms with E-state index < -0.39 is 0 Å². The van der Waals surface area contributed by atoms with Crippen molar-refractivity contribution in [2.45, 2.75) is 46.0 Å². The Hall–Kier alpha value is -0.157. The van der Waals surface area contributed by atoms with Crippen LogP contribution >= 0.6 is 0 Å². The molecule has 4 aliphatic rings. The van der Waals surface area contributed by atoms with E-state index in [1.807, 2.05) is 0 Å². The zero-order valence-corrected chi connectivity index (χ0v) is 20.6. The van der Waals surface area contributed by atoms with Crippen LogP contribution in [0.3, 0.4) is 0 Å². The summed E-state index contributed by atoms with van der Waals surface area (Å²) in [7, 11) is 0. The van der Waals surface area contributed by atoms with Crippen LogP contribution in [-0.4, -0.2) is 0 Å². The molecule has 0 spiro atoms. The fourth-order valence-corrected chi connectivity index (χ4v) is 4.76. The number of hydrogen-bond donors (Lipinski definition) is 0. The fraction of sp³-hybridized carbons (Fsp3) is 0.520. The van der Waals surface area contributed by atoms with Crippen LogP contribution in [0.5, 0.6) is 0 Å². The molecule has 0 heterocycles. The van der Waals surface area contributed by atoms with Gasteiger partial charge >= 0.3 is 26.2 Å². The first-order valence-electron chi connectivity index (χ1n) is 8.99. The van der Waals surface area contributed by atoms with Crippen molar-refractivity contribution in [3.8, 4) is 0 Å². The average Bonchev–Trinajstić information content (AvgIpc) is 3.12. The topological polar surface area (TPSA) is 0 Å². The SMILES string of the molecule is CC1CCC2C=CC=CC12.CCC1CCC2C=CC=CC21.[CH3-].[CH3-].[CH3-].[CH3-].[Zr+4]. The van der Waals surface area contributed by atoms with Crippen LogP contribution < -0.4 is 0 Å². The average molecular weight is 434 g/mol. The van der Waals surface area contributed by atoms with Crippen LogP contribution in [0.4, 0.5) is 0 Å². The summed E-state index contributed by atoms with van der Waals surface area (Å²) in [6.07, 6.45) is 25.4. The van der Waals surface area contributed by atoms with Crippen LogP contribution in [0.1, 0.15) is 46.0 Å². The molecule has 0 N–H and O–H groups in total. The van der Waals surface area contributed by atoms with Crippen molar-refractivity contribution in [1.82, 2.24) is 0 Å². The summed E-state index contributed by atoms with van der Waals surface area (Å²) < 4.78 is 0. The Bertz CT molecular complexity index is 457. The standard InChI is InChI=1S/C11H16.C10H14.4CH3.Zr/c1-2-9-7-8-10-5-3-4-6-11(9)10;1-8-6-7-9-4-2-3-5-10(8)9;;;;;/h3-6,9-11H,2,7-8H2,1H3;2-5,8-10H,6-7H2,1H3;4*1H3;/q;;4*-1;+4. The molecule has 0 aromatic heterocycles. The molecule has 0 aromatic carbocycles. The molecule has 6 unspecified atom stereocenters. The van der Waals surface area contributed by atoms with Crippen LogP contribution in [0.25, 0.3) is 0 Å². The second kappa shape index (κ2) is 14.8. The molecular weight excluding hydrogens is 391 g/mol. The number of allylic oxidation sites excluding steroid dienone is 8. The van der Waals surface area contributed by atoms with E-state index in [1.165, 1.54) is 32.1 Å². The Balaban J connectivity index is -0.000000342. The van der Waals surface area contributed by atoms with Gasteiger partial charge in [0.05, 0.1) is 0 Å². The number of rotatable bonds is 1. The monoisotopic (exact) mass is 432 g/mol. The van der Waals surface area contributed by atoms with E-state index in [4.69, 9.17) is 0 Å². The second-order valence-corrected chi connectivity index (χ2v) is 7.32. The first kappa shape index (κ1) is 30.6. The van der Waals surface area contributed by atoms with Gasteiger partial charge in [0.1, 0.15) is 0 Å². The minimum absolute atomic E-state index is 0. The van der Waals surface area contributed by atoms with Gasteiger partial charge in [-0.1, -0.05) is 68.9 Å². The summed E-state index contributed by atoms with van der Waals surface area (Å²) in [5.74, 6) is 5.40. The predicted molar refractivity (Wildman–Crippen MR) is 118 cm³/mol. The van der Waals surface area contributed by atoms with E-state index in [0.717, 1.165) is 35.5 Å². The van der Waals surface area contributed by atoms with Gasteiger partial charge in [-0.3, -0.25) is 0 Å². The Kier molecular flexibility index (Phi) is 17.5. The molecule has 2 saturated carbocycles. The molecule has 0 saturated heterocycles. The van der Waals surface area contributed by atoms with Gasteiger partial charge in [-0.15, -0.1) is 0 Å². The molecule has 0 aromatic rings. The molecule has 6 atom stereocenters. The van der Waals surface area contributed by atoms with Crippen molar-refractivity contribution in [2.75, 3.05) is 0 Å². The molecule has 26 heavy (non-hydrogen) atoms. The van der Waals surface area contributed by atoms with Gasteiger partial charge in [-0.25, -0.2) is 0 Å². The minimum atomic E-state index is 0. The normalized spacial score (nSPS) is 34.2. The van der Waals surface area contributed by atoms with Crippen LogP contribution in [0, 0.1) is 65.2 Å². The Morgan fingerprint density at radius 2 is 1.12 bits per heavy atom. The van der Waals surface area contributed by atoms with E-state index >= 15 is 0 Å². The summed E-state index contributed by atoms with van der Waals surface area (Å²) >= 11 is 0. The zero-order valence-electron chi connectivity index (χ0n) is 18.1. The smallest absolute Gasteiger partial charge is 0.358 e. The number of hydrogen-bond acceptors (Lipinski definition) is 0. The first-order chi connectivity index (χ1) is 10.3. The van der Waals surface area contributed by atoms with Gasteiger partial charge < -0.3 is 29.7 Å². The predicted octanol–water partition coefficient (Wildman–Crippen LogP) is 7.74. The molecule has 0 bridgehead atoms. The summed E-state index contributed by atoms with van der Waals surface area (Å²) in [5.41, 5.74) is 0. The van der Waals surface area contributed by atoms with Gasteiger partial charge in [-0.2, -0.15) is 0 Å². The summed E-state index contributed by atoms with van der Waals surface area (Å²) in [4.78, 5) is 0. The van der Waals surface area contributed by atoms with Crippen LogP contribution in [-0.2, 0) is 26.2 Å². The Labute approximate surface area is 185 Å². The zero-order chi connectivity index (χ0) is 14.7. The van der Waals surface area contributed by atoms with Crippen LogP contribution in [0.15, 0.2) is 48.6 Å². The van der Waals surface area contributed by atoms with E-state index in [0.29, 0.717) is 0 Å². The van der Waals surface area contributed by atoms with Gasteiger partial charge in [-0.05, 0) is 61.2 Å². The fourth-order valence-electron chi connectivity index (χ4n) is 4.76. The molecular formula is C25H42Zr. The molecule has 0 nitrogen and oxygen atoms in total. The maximum atomic E-state index is 2.41. The molecule has 1 heteroatoms. The van der Waals surface area contributed by atoms with Crippen molar-refractivity contribution in [2.24, 2.45) is 35.5 Å². The van der Waals surface area contributed by atoms with Gasteiger partial charge in [0.2, 0.25) is 0 Å². The largest absolute Gasteiger partial charge is 4.00 e. The van der Waals surface area contributed by atoms with Gasteiger partial charge in [0.25, 0.3) is 0 Å². The maximum Gasteiger partial charge on any atom is 4.00 e. The van der Waals surface area contributed by atoms with Crippen molar-refractivity contribution >= 4 is 0 Å². The number of fused-ring (bicyclic) bond motifs is 2. The maximum absolute atomic E-state index is 2.41.